The molecule has 0 amide bonds. The Labute approximate surface area is 93.2 Å². The molecule has 1 aromatic rings. The highest BCUT2D eigenvalue weighted by atomic mass is 19.4. The molecule has 0 saturated heterocycles. The standard InChI is InChI=1S/C10H8F5NO/c11-5-3-4-1-2-17-8(4)7(12)6(5)9(16)10(13,14)15/h3,9H,1-2,16H2/t9-/m0/s1. The summed E-state index contributed by atoms with van der Waals surface area (Å²) in [5, 5.41) is 0. The van der Waals surface area contributed by atoms with Gasteiger partial charge >= 0.3 is 6.18 Å². The van der Waals surface area contributed by atoms with Crippen LogP contribution in [0.3, 0.4) is 0 Å². The SMILES string of the molecule is N[C@@H](c1c(F)cc2c(c1F)OCC2)C(F)(F)F. The molecule has 1 atom stereocenters. The lowest BCUT2D eigenvalue weighted by atomic mass is 10.0. The normalized spacial score (nSPS) is 16.6. The van der Waals surface area contributed by atoms with Crippen molar-refractivity contribution in [2.75, 3.05) is 6.61 Å². The predicted octanol–water partition coefficient (Wildman–Crippen LogP) is 2.46. The zero-order valence-corrected chi connectivity index (χ0v) is 8.44. The van der Waals surface area contributed by atoms with Crippen molar-refractivity contribution in [1.82, 2.24) is 0 Å². The van der Waals surface area contributed by atoms with Crippen molar-refractivity contribution in [3.05, 3.63) is 28.8 Å². The van der Waals surface area contributed by atoms with Crippen LogP contribution in [-0.2, 0) is 6.42 Å². The van der Waals surface area contributed by atoms with E-state index in [2.05, 4.69) is 0 Å². The number of alkyl halides is 3. The van der Waals surface area contributed by atoms with Crippen LogP contribution in [0.1, 0.15) is 17.2 Å². The zero-order valence-electron chi connectivity index (χ0n) is 8.44. The second kappa shape index (κ2) is 3.83. The minimum Gasteiger partial charge on any atom is -0.490 e. The van der Waals surface area contributed by atoms with E-state index >= 15 is 0 Å². The summed E-state index contributed by atoms with van der Waals surface area (Å²) in [4.78, 5) is 0. The summed E-state index contributed by atoms with van der Waals surface area (Å²) in [5.74, 6) is -2.99. The zero-order chi connectivity index (χ0) is 12.8. The molecule has 17 heavy (non-hydrogen) atoms. The molecule has 0 unspecified atom stereocenters. The number of fused-ring (bicyclic) bond motifs is 1. The van der Waals surface area contributed by atoms with Crippen LogP contribution < -0.4 is 10.5 Å². The Hall–Kier alpha value is -1.37. The van der Waals surface area contributed by atoms with Crippen LogP contribution in [0.25, 0.3) is 0 Å². The van der Waals surface area contributed by atoms with Gasteiger partial charge in [-0.3, -0.25) is 0 Å². The first kappa shape index (κ1) is 12.1. The fraction of sp³-hybridized carbons (Fsp3) is 0.400. The lowest BCUT2D eigenvalue weighted by molar-refractivity contribution is -0.150. The molecule has 1 aliphatic rings. The van der Waals surface area contributed by atoms with E-state index in [0.29, 0.717) is 0 Å². The van der Waals surface area contributed by atoms with Gasteiger partial charge in [0.15, 0.2) is 11.6 Å². The third-order valence-electron chi connectivity index (χ3n) is 2.57. The van der Waals surface area contributed by atoms with Crippen molar-refractivity contribution >= 4 is 0 Å². The summed E-state index contributed by atoms with van der Waals surface area (Å²) in [6, 6.07) is -1.86. The van der Waals surface area contributed by atoms with E-state index in [9.17, 15) is 22.0 Å². The van der Waals surface area contributed by atoms with Gasteiger partial charge in [-0.05, 0) is 6.07 Å². The van der Waals surface area contributed by atoms with Crippen LogP contribution in [0, 0.1) is 11.6 Å². The molecule has 1 heterocycles. The first-order valence-electron chi connectivity index (χ1n) is 4.78. The lowest BCUT2D eigenvalue weighted by Gasteiger charge is -2.18. The van der Waals surface area contributed by atoms with Crippen LogP contribution in [0.5, 0.6) is 5.75 Å². The molecule has 0 fully saturated rings. The minimum absolute atomic E-state index is 0.121. The average molecular weight is 253 g/mol. The van der Waals surface area contributed by atoms with Gasteiger partial charge < -0.3 is 10.5 Å². The lowest BCUT2D eigenvalue weighted by Crippen LogP contribution is -2.30. The van der Waals surface area contributed by atoms with Gasteiger partial charge in [-0.15, -0.1) is 0 Å². The molecule has 2 rings (SSSR count). The van der Waals surface area contributed by atoms with Crippen molar-refractivity contribution in [3.8, 4) is 5.75 Å². The molecule has 0 radical (unpaired) electrons. The second-order valence-electron chi connectivity index (χ2n) is 3.69. The monoisotopic (exact) mass is 253 g/mol. The molecular formula is C10H8F5NO. The fourth-order valence-electron chi connectivity index (χ4n) is 1.72. The maximum atomic E-state index is 13.7. The summed E-state index contributed by atoms with van der Waals surface area (Å²) in [6.07, 6.45) is -4.64. The van der Waals surface area contributed by atoms with Gasteiger partial charge in [0.1, 0.15) is 11.9 Å². The number of benzene rings is 1. The Kier molecular flexibility index (Phi) is 2.73. The van der Waals surface area contributed by atoms with Crippen molar-refractivity contribution < 1.29 is 26.7 Å². The van der Waals surface area contributed by atoms with Gasteiger partial charge in [0.05, 0.1) is 12.2 Å². The van der Waals surface area contributed by atoms with Crippen LogP contribution >= 0.6 is 0 Å². The highest BCUT2D eigenvalue weighted by Gasteiger charge is 2.42. The predicted molar refractivity (Wildman–Crippen MR) is 48.5 cm³/mol. The molecule has 0 aromatic heterocycles. The highest BCUT2D eigenvalue weighted by molar-refractivity contribution is 5.44. The van der Waals surface area contributed by atoms with Crippen molar-refractivity contribution in [2.45, 2.75) is 18.6 Å². The molecule has 7 heteroatoms. The van der Waals surface area contributed by atoms with Crippen LogP contribution in [0.4, 0.5) is 22.0 Å². The molecule has 94 valence electrons. The van der Waals surface area contributed by atoms with Crippen LogP contribution in [0.2, 0.25) is 0 Å². The Morgan fingerprint density at radius 3 is 2.53 bits per heavy atom. The largest absolute Gasteiger partial charge is 0.490 e. The summed E-state index contributed by atoms with van der Waals surface area (Å²) < 4.78 is 68.9. The summed E-state index contributed by atoms with van der Waals surface area (Å²) in [6.45, 7) is 0.121. The van der Waals surface area contributed by atoms with Gasteiger partial charge in [0, 0.05) is 12.0 Å². The van der Waals surface area contributed by atoms with Gasteiger partial charge in [-0.25, -0.2) is 8.78 Å². The van der Waals surface area contributed by atoms with Crippen LogP contribution in [0.15, 0.2) is 6.07 Å². The minimum atomic E-state index is -4.91. The number of rotatable bonds is 1. The Morgan fingerprint density at radius 1 is 1.29 bits per heavy atom. The van der Waals surface area contributed by atoms with E-state index in [1.165, 1.54) is 0 Å². The van der Waals surface area contributed by atoms with E-state index in [-0.39, 0.29) is 24.3 Å². The quantitative estimate of drug-likeness (QED) is 0.780. The maximum absolute atomic E-state index is 13.7. The van der Waals surface area contributed by atoms with Gasteiger partial charge in [0.25, 0.3) is 0 Å². The van der Waals surface area contributed by atoms with E-state index in [1.807, 2.05) is 0 Å². The molecule has 0 saturated carbocycles. The number of hydrogen-bond donors (Lipinski definition) is 1. The topological polar surface area (TPSA) is 35.2 Å². The van der Waals surface area contributed by atoms with Gasteiger partial charge in [-0.2, -0.15) is 13.2 Å². The number of nitrogens with two attached hydrogens (primary N) is 1. The molecule has 1 aliphatic heterocycles. The first-order valence-corrected chi connectivity index (χ1v) is 4.78. The van der Waals surface area contributed by atoms with Crippen LogP contribution in [-0.4, -0.2) is 12.8 Å². The summed E-state index contributed by atoms with van der Waals surface area (Å²) in [5.41, 5.74) is 3.83. The fourth-order valence-corrected chi connectivity index (χ4v) is 1.72. The molecule has 0 spiro atoms. The van der Waals surface area contributed by atoms with E-state index in [1.54, 1.807) is 0 Å². The molecule has 1 aromatic carbocycles. The summed E-state index contributed by atoms with van der Waals surface area (Å²) >= 11 is 0. The number of ether oxygens (including phenoxy) is 1. The molecular weight excluding hydrogens is 245 g/mol. The molecule has 0 bridgehead atoms. The number of hydrogen-bond acceptors (Lipinski definition) is 2. The van der Waals surface area contributed by atoms with Gasteiger partial charge in [-0.1, -0.05) is 0 Å². The Bertz CT molecular complexity index is 457. The first-order chi connectivity index (χ1) is 7.82. The Balaban J connectivity index is 2.55. The summed E-state index contributed by atoms with van der Waals surface area (Å²) in [7, 11) is 0. The van der Waals surface area contributed by atoms with Gasteiger partial charge in [0.2, 0.25) is 0 Å². The number of halogens is 5. The van der Waals surface area contributed by atoms with E-state index in [0.717, 1.165) is 6.07 Å². The second-order valence-corrected chi connectivity index (χ2v) is 3.69. The van der Waals surface area contributed by atoms with E-state index < -0.39 is 29.4 Å². The molecule has 0 aliphatic carbocycles. The smallest absolute Gasteiger partial charge is 0.407 e. The maximum Gasteiger partial charge on any atom is 0.407 e. The van der Waals surface area contributed by atoms with Crippen molar-refractivity contribution in [3.63, 3.8) is 0 Å². The third kappa shape index (κ3) is 1.95. The average Bonchev–Trinajstić information content (AvgIpc) is 2.64. The van der Waals surface area contributed by atoms with Crippen molar-refractivity contribution in [1.29, 1.82) is 0 Å². The molecule has 2 N–H and O–H groups in total. The Morgan fingerprint density at radius 2 is 1.94 bits per heavy atom. The highest BCUT2D eigenvalue weighted by Crippen LogP contribution is 2.39. The molecule has 2 nitrogen and oxygen atoms in total. The van der Waals surface area contributed by atoms with E-state index in [4.69, 9.17) is 10.5 Å². The van der Waals surface area contributed by atoms with Crippen molar-refractivity contribution in [2.24, 2.45) is 5.73 Å². The third-order valence-corrected chi connectivity index (χ3v) is 2.57.